The van der Waals surface area contributed by atoms with E-state index in [9.17, 15) is 0 Å². The van der Waals surface area contributed by atoms with Crippen molar-refractivity contribution >= 4 is 38.3 Å². The molecular formula is C11H8BrCl. The molecule has 2 aromatic carbocycles. The van der Waals surface area contributed by atoms with Crippen molar-refractivity contribution in [3.63, 3.8) is 0 Å². The average molecular weight is 256 g/mol. The van der Waals surface area contributed by atoms with Gasteiger partial charge >= 0.3 is 0 Å². The number of fused-ring (bicyclic) bond motifs is 1. The summed E-state index contributed by atoms with van der Waals surface area (Å²) in [6.07, 6.45) is 0. The molecule has 0 radical (unpaired) electrons. The fourth-order valence-electron chi connectivity index (χ4n) is 1.39. The van der Waals surface area contributed by atoms with Crippen LogP contribution in [0.15, 0.2) is 34.8 Å². The number of aryl methyl sites for hydroxylation is 1. The highest BCUT2D eigenvalue weighted by molar-refractivity contribution is 9.10. The van der Waals surface area contributed by atoms with Gasteiger partial charge in [-0.3, -0.25) is 0 Å². The molecule has 0 aromatic heterocycles. The maximum atomic E-state index is 6.06. The summed E-state index contributed by atoms with van der Waals surface area (Å²) in [4.78, 5) is 0. The molecule has 0 saturated carbocycles. The molecule has 0 bridgehead atoms. The van der Waals surface area contributed by atoms with Crippen LogP contribution in [-0.2, 0) is 0 Å². The molecule has 2 rings (SSSR count). The van der Waals surface area contributed by atoms with E-state index in [1.807, 2.05) is 12.1 Å². The van der Waals surface area contributed by atoms with Crippen molar-refractivity contribution in [1.29, 1.82) is 0 Å². The minimum absolute atomic E-state index is 0.804. The minimum atomic E-state index is 0.804. The molecule has 0 nitrogen and oxygen atoms in total. The van der Waals surface area contributed by atoms with Crippen molar-refractivity contribution in [2.24, 2.45) is 0 Å². The lowest BCUT2D eigenvalue weighted by Crippen LogP contribution is -1.78. The van der Waals surface area contributed by atoms with Crippen LogP contribution in [0.1, 0.15) is 5.56 Å². The summed E-state index contributed by atoms with van der Waals surface area (Å²) in [5, 5.41) is 3.08. The standard InChI is InChI=1S/C11H8BrCl/c1-7-2-3-8-9(6-7)10(12)4-5-11(8)13/h2-6H,1H3. The summed E-state index contributed by atoms with van der Waals surface area (Å²) in [5.74, 6) is 0. The van der Waals surface area contributed by atoms with Crippen LogP contribution in [0.5, 0.6) is 0 Å². The van der Waals surface area contributed by atoms with Gasteiger partial charge in [-0.15, -0.1) is 0 Å². The molecule has 0 spiro atoms. The molecular weight excluding hydrogens is 247 g/mol. The van der Waals surface area contributed by atoms with Gasteiger partial charge < -0.3 is 0 Å². The molecule has 0 N–H and O–H groups in total. The number of hydrogen-bond acceptors (Lipinski definition) is 0. The van der Waals surface area contributed by atoms with Crippen molar-refractivity contribution in [3.05, 3.63) is 45.4 Å². The highest BCUT2D eigenvalue weighted by Crippen LogP contribution is 2.30. The van der Waals surface area contributed by atoms with Gasteiger partial charge in [-0.1, -0.05) is 51.3 Å². The summed E-state index contributed by atoms with van der Waals surface area (Å²) < 4.78 is 1.09. The molecule has 0 aliphatic heterocycles. The van der Waals surface area contributed by atoms with E-state index >= 15 is 0 Å². The van der Waals surface area contributed by atoms with Crippen LogP contribution in [-0.4, -0.2) is 0 Å². The first-order valence-corrected chi connectivity index (χ1v) is 5.20. The Morgan fingerprint density at radius 2 is 1.85 bits per heavy atom. The van der Waals surface area contributed by atoms with E-state index in [-0.39, 0.29) is 0 Å². The fourth-order valence-corrected chi connectivity index (χ4v) is 2.08. The first-order valence-electron chi connectivity index (χ1n) is 4.03. The van der Waals surface area contributed by atoms with E-state index in [2.05, 4.69) is 41.1 Å². The Morgan fingerprint density at radius 3 is 2.62 bits per heavy atom. The van der Waals surface area contributed by atoms with Crippen LogP contribution >= 0.6 is 27.5 Å². The Bertz CT molecular complexity index is 463. The topological polar surface area (TPSA) is 0 Å². The van der Waals surface area contributed by atoms with Crippen molar-refractivity contribution < 1.29 is 0 Å². The molecule has 0 saturated heterocycles. The molecule has 2 heteroatoms. The van der Waals surface area contributed by atoms with Crippen molar-refractivity contribution in [1.82, 2.24) is 0 Å². The number of hydrogen-bond donors (Lipinski definition) is 0. The van der Waals surface area contributed by atoms with Gasteiger partial charge in [0.2, 0.25) is 0 Å². The van der Waals surface area contributed by atoms with Crippen LogP contribution < -0.4 is 0 Å². The zero-order valence-electron chi connectivity index (χ0n) is 7.14. The third kappa shape index (κ3) is 1.59. The fraction of sp³-hybridized carbons (Fsp3) is 0.0909. The summed E-state index contributed by atoms with van der Waals surface area (Å²) in [6, 6.07) is 10.1. The van der Waals surface area contributed by atoms with Crippen LogP contribution in [0.2, 0.25) is 5.02 Å². The highest BCUT2D eigenvalue weighted by Gasteiger charge is 2.01. The van der Waals surface area contributed by atoms with Gasteiger partial charge in [0.15, 0.2) is 0 Å². The van der Waals surface area contributed by atoms with Crippen LogP contribution in [0, 0.1) is 6.92 Å². The molecule has 0 amide bonds. The van der Waals surface area contributed by atoms with E-state index in [1.165, 1.54) is 10.9 Å². The first kappa shape index (κ1) is 9.04. The lowest BCUT2D eigenvalue weighted by molar-refractivity contribution is 1.50. The molecule has 13 heavy (non-hydrogen) atoms. The van der Waals surface area contributed by atoms with Crippen molar-refractivity contribution in [2.45, 2.75) is 6.92 Å². The summed E-state index contributed by atoms with van der Waals surface area (Å²) >= 11 is 9.57. The average Bonchev–Trinajstić information content (AvgIpc) is 2.12. The van der Waals surface area contributed by atoms with E-state index < -0.39 is 0 Å². The van der Waals surface area contributed by atoms with Crippen molar-refractivity contribution in [2.75, 3.05) is 0 Å². The third-order valence-electron chi connectivity index (χ3n) is 2.07. The number of rotatable bonds is 0. The quantitative estimate of drug-likeness (QED) is 0.647. The summed E-state index contributed by atoms with van der Waals surface area (Å²) in [5.41, 5.74) is 1.25. The van der Waals surface area contributed by atoms with E-state index in [0.29, 0.717) is 0 Å². The van der Waals surface area contributed by atoms with Crippen LogP contribution in [0.25, 0.3) is 10.8 Å². The second-order valence-corrected chi connectivity index (χ2v) is 4.34. The van der Waals surface area contributed by atoms with Gasteiger partial charge in [0.1, 0.15) is 0 Å². The van der Waals surface area contributed by atoms with Crippen molar-refractivity contribution in [3.8, 4) is 0 Å². The first-order chi connectivity index (χ1) is 6.18. The zero-order chi connectivity index (χ0) is 9.42. The Morgan fingerprint density at radius 1 is 1.08 bits per heavy atom. The van der Waals surface area contributed by atoms with E-state index in [1.54, 1.807) is 0 Å². The molecule has 66 valence electrons. The Labute approximate surface area is 90.6 Å². The maximum absolute atomic E-state index is 6.06. The minimum Gasteiger partial charge on any atom is -0.0837 e. The zero-order valence-corrected chi connectivity index (χ0v) is 9.48. The molecule has 0 heterocycles. The Hall–Kier alpha value is -0.530. The Balaban J connectivity index is 2.92. The second kappa shape index (κ2) is 3.32. The monoisotopic (exact) mass is 254 g/mol. The molecule has 0 aliphatic carbocycles. The van der Waals surface area contributed by atoms with Crippen LogP contribution in [0.3, 0.4) is 0 Å². The van der Waals surface area contributed by atoms with Gasteiger partial charge in [0.25, 0.3) is 0 Å². The van der Waals surface area contributed by atoms with Crippen LogP contribution in [0.4, 0.5) is 0 Å². The highest BCUT2D eigenvalue weighted by atomic mass is 79.9. The van der Waals surface area contributed by atoms with Gasteiger partial charge in [-0.25, -0.2) is 0 Å². The lowest BCUT2D eigenvalue weighted by Gasteiger charge is -2.03. The normalized spacial score (nSPS) is 10.7. The third-order valence-corrected chi connectivity index (χ3v) is 3.09. The molecule has 2 aromatic rings. The summed E-state index contributed by atoms with van der Waals surface area (Å²) in [7, 11) is 0. The predicted molar refractivity (Wildman–Crippen MR) is 61.4 cm³/mol. The maximum Gasteiger partial charge on any atom is 0.0485 e. The van der Waals surface area contributed by atoms with E-state index in [4.69, 9.17) is 11.6 Å². The lowest BCUT2D eigenvalue weighted by atomic mass is 10.1. The largest absolute Gasteiger partial charge is 0.0837 e. The summed E-state index contributed by atoms with van der Waals surface area (Å²) in [6.45, 7) is 2.08. The van der Waals surface area contributed by atoms with Gasteiger partial charge in [-0.05, 0) is 24.4 Å². The van der Waals surface area contributed by atoms with E-state index in [0.717, 1.165) is 14.9 Å². The Kier molecular flexibility index (Phi) is 2.31. The molecule has 0 atom stereocenters. The smallest absolute Gasteiger partial charge is 0.0485 e. The molecule has 0 aliphatic rings. The second-order valence-electron chi connectivity index (χ2n) is 3.08. The van der Waals surface area contributed by atoms with Gasteiger partial charge in [-0.2, -0.15) is 0 Å². The molecule has 0 unspecified atom stereocenters. The van der Waals surface area contributed by atoms with Gasteiger partial charge in [0, 0.05) is 14.9 Å². The number of benzene rings is 2. The number of halogens is 2. The SMILES string of the molecule is Cc1ccc2c(Cl)ccc(Br)c2c1. The van der Waals surface area contributed by atoms with Gasteiger partial charge in [0.05, 0.1) is 0 Å². The predicted octanol–water partition coefficient (Wildman–Crippen LogP) is 4.56. The molecule has 0 fully saturated rings.